The van der Waals surface area contributed by atoms with Gasteiger partial charge in [-0.05, 0) is 18.2 Å². The number of carbonyl (C=O) groups is 1. The Kier molecular flexibility index (Phi) is 3.37. The molecule has 98 valence electrons. The fraction of sp³-hybridized carbons (Fsp3) is 0.0833. The summed E-state index contributed by atoms with van der Waals surface area (Å²) in [6, 6.07) is 3.06. The molecule has 1 heterocycles. The van der Waals surface area contributed by atoms with E-state index in [9.17, 15) is 18.4 Å². The van der Waals surface area contributed by atoms with Crippen LogP contribution in [0, 0.1) is 11.6 Å². The second-order valence-electron chi connectivity index (χ2n) is 3.79. The maximum absolute atomic E-state index is 13.0. The van der Waals surface area contributed by atoms with Gasteiger partial charge in [0.25, 0.3) is 5.56 Å². The molecule has 0 spiro atoms. The van der Waals surface area contributed by atoms with Crippen molar-refractivity contribution in [2.45, 2.75) is 6.42 Å². The van der Waals surface area contributed by atoms with E-state index in [-0.39, 0.29) is 17.0 Å². The quantitative estimate of drug-likeness (QED) is 0.878. The molecule has 0 saturated heterocycles. The van der Waals surface area contributed by atoms with Gasteiger partial charge in [-0.25, -0.2) is 13.8 Å². The van der Waals surface area contributed by atoms with Gasteiger partial charge in [0, 0.05) is 17.3 Å². The predicted octanol–water partition coefficient (Wildman–Crippen LogP) is 1.34. The third kappa shape index (κ3) is 2.82. The zero-order valence-electron chi connectivity index (χ0n) is 9.48. The number of hydrogen-bond donors (Lipinski definition) is 2. The molecular weight excluding hydrogens is 258 g/mol. The van der Waals surface area contributed by atoms with Gasteiger partial charge in [-0.15, -0.1) is 0 Å². The molecule has 0 aliphatic rings. The van der Waals surface area contributed by atoms with Crippen LogP contribution in [0.1, 0.15) is 5.56 Å². The highest BCUT2D eigenvalue weighted by Gasteiger charge is 2.10. The van der Waals surface area contributed by atoms with E-state index in [4.69, 9.17) is 5.11 Å². The van der Waals surface area contributed by atoms with Crippen molar-refractivity contribution in [1.82, 2.24) is 9.97 Å². The molecule has 0 amide bonds. The van der Waals surface area contributed by atoms with E-state index in [1.165, 1.54) is 6.07 Å². The molecule has 2 N–H and O–H groups in total. The molecule has 5 nitrogen and oxygen atoms in total. The summed E-state index contributed by atoms with van der Waals surface area (Å²) in [5, 5.41) is 8.57. The van der Waals surface area contributed by atoms with E-state index >= 15 is 0 Å². The third-order valence-electron chi connectivity index (χ3n) is 2.41. The summed E-state index contributed by atoms with van der Waals surface area (Å²) >= 11 is 0. The summed E-state index contributed by atoms with van der Waals surface area (Å²) < 4.78 is 25.8. The molecule has 0 radical (unpaired) electrons. The lowest BCUT2D eigenvalue weighted by molar-refractivity contribution is -0.136. The minimum absolute atomic E-state index is 0.0150. The molecule has 7 heteroatoms. The number of aromatic nitrogens is 2. The number of halogens is 2. The van der Waals surface area contributed by atoms with Crippen LogP contribution in [0.25, 0.3) is 11.4 Å². The average molecular weight is 266 g/mol. The summed E-state index contributed by atoms with van der Waals surface area (Å²) in [6.45, 7) is 0. The van der Waals surface area contributed by atoms with Gasteiger partial charge in [-0.1, -0.05) is 0 Å². The van der Waals surface area contributed by atoms with Crippen molar-refractivity contribution in [2.24, 2.45) is 0 Å². The van der Waals surface area contributed by atoms with Crippen LogP contribution < -0.4 is 5.56 Å². The van der Waals surface area contributed by atoms with Crippen LogP contribution in [0.2, 0.25) is 0 Å². The maximum atomic E-state index is 13.0. The van der Waals surface area contributed by atoms with Crippen LogP contribution in [0.5, 0.6) is 0 Å². The van der Waals surface area contributed by atoms with Crippen LogP contribution in [0.3, 0.4) is 0 Å². The lowest BCUT2D eigenvalue weighted by atomic mass is 10.2. The SMILES string of the molecule is O=C(O)Cc1cnc(-c2ccc(F)c(F)c2)[nH]c1=O. The Labute approximate surface area is 105 Å². The Morgan fingerprint density at radius 2 is 2.05 bits per heavy atom. The maximum Gasteiger partial charge on any atom is 0.308 e. The van der Waals surface area contributed by atoms with Gasteiger partial charge >= 0.3 is 5.97 Å². The molecule has 2 aromatic rings. The standard InChI is InChI=1S/C12H8F2N2O3/c13-8-2-1-6(3-9(8)14)11-15-5-7(4-10(17)18)12(19)16-11/h1-3,5H,4H2,(H,17,18)(H,15,16,19). The number of carboxylic acids is 1. The van der Waals surface area contributed by atoms with Gasteiger partial charge < -0.3 is 10.1 Å². The highest BCUT2D eigenvalue weighted by molar-refractivity contribution is 5.70. The van der Waals surface area contributed by atoms with Crippen molar-refractivity contribution in [3.63, 3.8) is 0 Å². The molecule has 1 aromatic heterocycles. The van der Waals surface area contributed by atoms with Crippen molar-refractivity contribution in [3.8, 4) is 11.4 Å². The Bertz CT molecular complexity index is 698. The largest absolute Gasteiger partial charge is 0.481 e. The number of nitrogens with one attached hydrogen (secondary N) is 1. The van der Waals surface area contributed by atoms with E-state index in [1.54, 1.807) is 0 Å². The third-order valence-corrected chi connectivity index (χ3v) is 2.41. The molecule has 0 atom stereocenters. The van der Waals surface area contributed by atoms with E-state index in [1.807, 2.05) is 0 Å². The lowest BCUT2D eigenvalue weighted by Gasteiger charge is -2.02. The minimum Gasteiger partial charge on any atom is -0.481 e. The molecule has 19 heavy (non-hydrogen) atoms. The van der Waals surface area contributed by atoms with Crippen LogP contribution in [0.4, 0.5) is 8.78 Å². The van der Waals surface area contributed by atoms with Gasteiger partial charge in [-0.2, -0.15) is 0 Å². The highest BCUT2D eigenvalue weighted by atomic mass is 19.2. The Hall–Kier alpha value is -2.57. The zero-order valence-corrected chi connectivity index (χ0v) is 9.48. The van der Waals surface area contributed by atoms with Crippen molar-refractivity contribution in [3.05, 3.63) is 51.9 Å². The number of benzene rings is 1. The number of carboxylic acid groups (broad SMARTS) is 1. The van der Waals surface area contributed by atoms with Crippen LogP contribution in [-0.4, -0.2) is 21.0 Å². The summed E-state index contributed by atoms with van der Waals surface area (Å²) in [4.78, 5) is 28.2. The van der Waals surface area contributed by atoms with Crippen molar-refractivity contribution in [1.29, 1.82) is 0 Å². The summed E-state index contributed by atoms with van der Waals surface area (Å²) in [5.41, 5.74) is -0.450. The first-order valence-electron chi connectivity index (χ1n) is 5.23. The van der Waals surface area contributed by atoms with Gasteiger partial charge in [0.15, 0.2) is 11.6 Å². The molecule has 0 aliphatic heterocycles. The fourth-order valence-corrected chi connectivity index (χ4v) is 1.50. The smallest absolute Gasteiger partial charge is 0.308 e. The lowest BCUT2D eigenvalue weighted by Crippen LogP contribution is -2.17. The number of hydrogen-bond acceptors (Lipinski definition) is 3. The summed E-state index contributed by atoms with van der Waals surface area (Å²) in [6.07, 6.45) is 0.643. The molecule has 0 bridgehead atoms. The second kappa shape index (κ2) is 4.97. The van der Waals surface area contributed by atoms with E-state index in [2.05, 4.69) is 9.97 Å². The Morgan fingerprint density at radius 1 is 1.32 bits per heavy atom. The van der Waals surface area contributed by atoms with Crippen molar-refractivity contribution < 1.29 is 18.7 Å². The number of H-pyrrole nitrogens is 1. The van der Waals surface area contributed by atoms with Gasteiger partial charge in [0.2, 0.25) is 0 Å². The first-order chi connectivity index (χ1) is 8.97. The Morgan fingerprint density at radius 3 is 2.63 bits per heavy atom. The number of rotatable bonds is 3. The normalized spacial score (nSPS) is 10.4. The molecule has 2 rings (SSSR count). The fourth-order valence-electron chi connectivity index (χ4n) is 1.50. The van der Waals surface area contributed by atoms with Crippen LogP contribution in [-0.2, 0) is 11.2 Å². The predicted molar refractivity (Wildman–Crippen MR) is 61.5 cm³/mol. The number of aromatic amines is 1. The van der Waals surface area contributed by atoms with E-state index in [0.29, 0.717) is 0 Å². The molecular formula is C12H8F2N2O3. The molecule has 0 saturated carbocycles. The molecule has 1 aromatic carbocycles. The van der Waals surface area contributed by atoms with Crippen LogP contribution in [0.15, 0.2) is 29.2 Å². The summed E-state index contributed by atoms with van der Waals surface area (Å²) in [5.74, 6) is -3.19. The van der Waals surface area contributed by atoms with E-state index < -0.39 is 29.6 Å². The van der Waals surface area contributed by atoms with Gasteiger partial charge in [0.05, 0.1) is 6.42 Å². The van der Waals surface area contributed by atoms with Crippen molar-refractivity contribution >= 4 is 5.97 Å². The second-order valence-corrected chi connectivity index (χ2v) is 3.79. The first-order valence-corrected chi connectivity index (χ1v) is 5.23. The van der Waals surface area contributed by atoms with Crippen LogP contribution >= 0.6 is 0 Å². The monoisotopic (exact) mass is 266 g/mol. The summed E-state index contributed by atoms with van der Waals surface area (Å²) in [7, 11) is 0. The van der Waals surface area contributed by atoms with Crippen molar-refractivity contribution in [2.75, 3.05) is 0 Å². The molecule has 0 aliphatic carbocycles. The Balaban J connectivity index is 2.41. The van der Waals surface area contributed by atoms with Gasteiger partial charge in [-0.3, -0.25) is 9.59 Å². The molecule has 0 unspecified atom stereocenters. The number of nitrogens with zero attached hydrogens (tertiary/aromatic N) is 1. The highest BCUT2D eigenvalue weighted by Crippen LogP contribution is 2.16. The average Bonchev–Trinajstić information content (AvgIpc) is 2.35. The first kappa shape index (κ1) is 12.9. The topological polar surface area (TPSA) is 83.0 Å². The molecule has 0 fully saturated rings. The minimum atomic E-state index is -1.16. The number of aliphatic carboxylic acids is 1. The van der Waals surface area contributed by atoms with E-state index in [0.717, 1.165) is 18.3 Å². The van der Waals surface area contributed by atoms with Gasteiger partial charge in [0.1, 0.15) is 5.82 Å². The zero-order chi connectivity index (χ0) is 14.0.